The number of anilines is 1. The quantitative estimate of drug-likeness (QED) is 0.288. The fraction of sp³-hybridized carbons (Fsp3) is 0.300. The van der Waals surface area contributed by atoms with E-state index in [0.29, 0.717) is 16.1 Å². The van der Waals surface area contributed by atoms with Crippen LogP contribution in [0.25, 0.3) is 0 Å². The van der Waals surface area contributed by atoms with Crippen molar-refractivity contribution in [2.24, 2.45) is 5.10 Å². The summed E-state index contributed by atoms with van der Waals surface area (Å²) >= 11 is 1.28. The molecule has 158 valence electrons. The third-order valence-corrected chi connectivity index (χ3v) is 5.82. The molecule has 0 bridgehead atoms. The van der Waals surface area contributed by atoms with Crippen molar-refractivity contribution in [1.29, 1.82) is 0 Å². The number of fused-ring (bicyclic) bond motifs is 1. The first kappa shape index (κ1) is 21.3. The Hall–Kier alpha value is -3.40. The lowest BCUT2D eigenvalue weighted by Crippen LogP contribution is -2.32. The van der Waals surface area contributed by atoms with Crippen LogP contribution in [-0.4, -0.2) is 43.3 Å². The van der Waals surface area contributed by atoms with Crippen LogP contribution in [-0.2, 0) is 27.2 Å². The first-order chi connectivity index (χ1) is 14.5. The van der Waals surface area contributed by atoms with Crippen LogP contribution < -0.4 is 15.5 Å². The number of carbonyl (C=O) groups is 3. The van der Waals surface area contributed by atoms with Gasteiger partial charge in [-0.1, -0.05) is 6.07 Å². The minimum absolute atomic E-state index is 0.144. The third-order valence-electron chi connectivity index (χ3n) is 4.61. The van der Waals surface area contributed by atoms with E-state index in [2.05, 4.69) is 15.8 Å². The second kappa shape index (κ2) is 9.40. The number of amides is 2. The van der Waals surface area contributed by atoms with Gasteiger partial charge in [-0.3, -0.25) is 9.59 Å². The Kier molecular flexibility index (Phi) is 6.68. The molecule has 1 aromatic carbocycles. The van der Waals surface area contributed by atoms with Crippen LogP contribution in [0.1, 0.15) is 39.2 Å². The van der Waals surface area contributed by atoms with Crippen molar-refractivity contribution in [2.75, 3.05) is 19.5 Å². The number of ether oxygens (including phenoxy) is 2. The van der Waals surface area contributed by atoms with Gasteiger partial charge < -0.3 is 19.9 Å². The Balaban J connectivity index is 1.70. The number of methoxy groups -OCH3 is 2. The number of aryl methyl sites for hydroxylation is 1. The summed E-state index contributed by atoms with van der Waals surface area (Å²) in [6.45, 7) is 0. The van der Waals surface area contributed by atoms with Gasteiger partial charge in [0.25, 0.3) is 0 Å². The number of hydrazone groups is 1. The molecular weight excluding hydrogens is 410 g/mol. The fourth-order valence-electron chi connectivity index (χ4n) is 3.15. The standard InChI is InChI=1S/C20H21N3O6S/c1-28-13-8-5-6-11(16(13)24)10-21-23-18(26)17(25)22-19-15(20(27)29-2)12-7-3-4-9-14(12)30-19/h5-6,8,10,24H,3-4,7,9H2,1-2H3,(H,22,25)(H,23,26). The van der Waals surface area contributed by atoms with Gasteiger partial charge in [-0.05, 0) is 43.4 Å². The number of esters is 1. The van der Waals surface area contributed by atoms with E-state index in [0.717, 1.165) is 36.1 Å². The molecule has 0 saturated carbocycles. The average molecular weight is 431 g/mol. The van der Waals surface area contributed by atoms with Crippen LogP contribution in [0.2, 0.25) is 0 Å². The van der Waals surface area contributed by atoms with Crippen molar-refractivity contribution in [3.8, 4) is 11.5 Å². The number of phenolic OH excluding ortho intramolecular Hbond substituents is 1. The van der Waals surface area contributed by atoms with E-state index in [1.165, 1.54) is 31.8 Å². The lowest BCUT2D eigenvalue weighted by Gasteiger charge is -2.11. The van der Waals surface area contributed by atoms with Gasteiger partial charge in [0, 0.05) is 10.4 Å². The van der Waals surface area contributed by atoms with Crippen molar-refractivity contribution < 1.29 is 29.0 Å². The maximum Gasteiger partial charge on any atom is 0.341 e. The molecular formula is C20H21N3O6S. The zero-order chi connectivity index (χ0) is 21.7. The maximum absolute atomic E-state index is 12.3. The number of phenols is 1. The van der Waals surface area contributed by atoms with Crippen LogP contribution in [0.3, 0.4) is 0 Å². The van der Waals surface area contributed by atoms with Gasteiger partial charge in [0.05, 0.1) is 26.0 Å². The zero-order valence-electron chi connectivity index (χ0n) is 16.5. The molecule has 0 aliphatic heterocycles. The van der Waals surface area contributed by atoms with Gasteiger partial charge in [-0.2, -0.15) is 5.10 Å². The molecule has 0 saturated heterocycles. The first-order valence-corrected chi connectivity index (χ1v) is 10.0. The molecule has 9 nitrogen and oxygen atoms in total. The van der Waals surface area contributed by atoms with Gasteiger partial charge in [0.1, 0.15) is 5.00 Å². The third kappa shape index (κ3) is 4.43. The molecule has 0 spiro atoms. The van der Waals surface area contributed by atoms with Crippen molar-refractivity contribution >= 4 is 40.3 Å². The summed E-state index contributed by atoms with van der Waals surface area (Å²) < 4.78 is 9.84. The van der Waals surface area contributed by atoms with Crippen molar-refractivity contribution in [3.63, 3.8) is 0 Å². The number of hydrogen-bond acceptors (Lipinski definition) is 8. The monoisotopic (exact) mass is 431 g/mol. The highest BCUT2D eigenvalue weighted by atomic mass is 32.1. The first-order valence-electron chi connectivity index (χ1n) is 9.19. The van der Waals surface area contributed by atoms with E-state index in [-0.39, 0.29) is 11.5 Å². The molecule has 3 N–H and O–H groups in total. The van der Waals surface area contributed by atoms with E-state index in [1.54, 1.807) is 18.2 Å². The molecule has 30 heavy (non-hydrogen) atoms. The van der Waals surface area contributed by atoms with E-state index < -0.39 is 17.8 Å². The Bertz CT molecular complexity index is 1010. The Labute approximate surface area is 176 Å². The number of thiophene rings is 1. The van der Waals surface area contributed by atoms with E-state index >= 15 is 0 Å². The molecule has 3 rings (SSSR count). The van der Waals surface area contributed by atoms with Gasteiger partial charge in [0.15, 0.2) is 11.5 Å². The molecule has 0 unspecified atom stereocenters. The van der Waals surface area contributed by atoms with Gasteiger partial charge in [-0.25, -0.2) is 10.2 Å². The smallest absolute Gasteiger partial charge is 0.341 e. The lowest BCUT2D eigenvalue weighted by molar-refractivity contribution is -0.136. The van der Waals surface area contributed by atoms with Crippen LogP contribution in [0, 0.1) is 0 Å². The van der Waals surface area contributed by atoms with Gasteiger partial charge in [-0.15, -0.1) is 11.3 Å². The normalized spacial score (nSPS) is 12.9. The topological polar surface area (TPSA) is 126 Å². The predicted octanol–water partition coefficient (Wildman–Crippen LogP) is 2.22. The summed E-state index contributed by atoms with van der Waals surface area (Å²) in [6.07, 6.45) is 4.70. The fourth-order valence-corrected chi connectivity index (χ4v) is 4.42. The molecule has 1 aromatic heterocycles. The van der Waals surface area contributed by atoms with Crippen molar-refractivity contribution in [2.45, 2.75) is 25.7 Å². The minimum atomic E-state index is -1.02. The molecule has 0 fully saturated rings. The second-order valence-corrected chi connectivity index (χ2v) is 7.56. The number of aromatic hydroxyl groups is 1. The summed E-state index contributed by atoms with van der Waals surface area (Å²) in [4.78, 5) is 37.6. The largest absolute Gasteiger partial charge is 0.504 e. The summed E-state index contributed by atoms with van der Waals surface area (Å²) in [5.74, 6) is -2.42. The maximum atomic E-state index is 12.3. The van der Waals surface area contributed by atoms with E-state index in [1.807, 2.05) is 0 Å². The predicted molar refractivity (Wildman–Crippen MR) is 111 cm³/mol. The highest BCUT2D eigenvalue weighted by molar-refractivity contribution is 7.17. The number of carbonyl (C=O) groups excluding carboxylic acids is 3. The number of nitrogens with zero attached hydrogens (tertiary/aromatic N) is 1. The van der Waals surface area contributed by atoms with E-state index in [9.17, 15) is 19.5 Å². The molecule has 1 aliphatic carbocycles. The van der Waals surface area contributed by atoms with Crippen LogP contribution in [0.5, 0.6) is 11.5 Å². The number of rotatable bonds is 5. The summed E-state index contributed by atoms with van der Waals surface area (Å²) in [5.41, 5.74) is 3.58. The van der Waals surface area contributed by atoms with Crippen molar-refractivity contribution in [1.82, 2.24) is 5.43 Å². The molecule has 2 aromatic rings. The van der Waals surface area contributed by atoms with E-state index in [4.69, 9.17) is 9.47 Å². The zero-order valence-corrected chi connectivity index (χ0v) is 17.3. The summed E-state index contributed by atoms with van der Waals surface area (Å²) in [6, 6.07) is 4.77. The van der Waals surface area contributed by atoms with Gasteiger partial charge in [0.2, 0.25) is 0 Å². The molecule has 1 heterocycles. The average Bonchev–Trinajstić information content (AvgIpc) is 3.12. The van der Waals surface area contributed by atoms with Crippen LogP contribution in [0.15, 0.2) is 23.3 Å². The molecule has 0 radical (unpaired) electrons. The molecule has 2 amide bonds. The number of hydrogen-bond donors (Lipinski definition) is 3. The Morgan fingerprint density at radius 1 is 1.17 bits per heavy atom. The lowest BCUT2D eigenvalue weighted by atomic mass is 9.95. The van der Waals surface area contributed by atoms with Gasteiger partial charge >= 0.3 is 17.8 Å². The van der Waals surface area contributed by atoms with Crippen LogP contribution in [0.4, 0.5) is 5.00 Å². The molecule has 1 aliphatic rings. The summed E-state index contributed by atoms with van der Waals surface area (Å²) in [7, 11) is 2.68. The number of benzene rings is 1. The highest BCUT2D eigenvalue weighted by Crippen LogP contribution is 2.38. The minimum Gasteiger partial charge on any atom is -0.504 e. The summed E-state index contributed by atoms with van der Waals surface area (Å²) in [5, 5.41) is 16.5. The number of nitrogens with one attached hydrogen (secondary N) is 2. The Morgan fingerprint density at radius 3 is 2.67 bits per heavy atom. The molecule has 10 heteroatoms. The second-order valence-electron chi connectivity index (χ2n) is 6.46. The Morgan fingerprint density at radius 2 is 1.93 bits per heavy atom. The highest BCUT2D eigenvalue weighted by Gasteiger charge is 2.28. The van der Waals surface area contributed by atoms with Crippen molar-refractivity contribution in [3.05, 3.63) is 39.8 Å². The SMILES string of the molecule is COC(=O)c1c(NC(=O)C(=O)NN=Cc2cccc(OC)c2O)sc2c1CCCC2. The molecule has 0 atom stereocenters. The van der Waals surface area contributed by atoms with Crippen LogP contribution >= 0.6 is 11.3 Å². The number of para-hydroxylation sites is 1.